The number of methoxy groups -OCH3 is 1. The van der Waals surface area contributed by atoms with Crippen molar-refractivity contribution in [2.75, 3.05) is 19.0 Å². The number of anilines is 1. The molecule has 0 saturated carbocycles. The van der Waals surface area contributed by atoms with E-state index < -0.39 is 0 Å². The number of ether oxygens (including phenoxy) is 1. The molecule has 1 amide bonds. The van der Waals surface area contributed by atoms with Crippen LogP contribution in [0.1, 0.15) is 32.6 Å². The lowest BCUT2D eigenvalue weighted by atomic mass is 10.1. The molecule has 1 aromatic carbocycles. The standard InChI is InChI=1S/C19H25N3O3/c1-14(6-4-3-5-7-19(23)22-24)12-20-16-10-15-11-17(25-2)8-9-18(15)21-13-16/h6,8-11,13,20,24H,3-5,7,12H2,1-2H3,(H,22,23)/b14-6+. The number of rotatable bonds is 9. The van der Waals surface area contributed by atoms with E-state index >= 15 is 0 Å². The van der Waals surface area contributed by atoms with E-state index in [0.717, 1.165) is 48.1 Å². The van der Waals surface area contributed by atoms with Crippen molar-refractivity contribution in [2.24, 2.45) is 0 Å². The number of nitrogens with zero attached hydrogens (tertiary/aromatic N) is 1. The summed E-state index contributed by atoms with van der Waals surface area (Å²) in [7, 11) is 1.65. The van der Waals surface area contributed by atoms with E-state index in [1.54, 1.807) is 12.6 Å². The van der Waals surface area contributed by atoms with Gasteiger partial charge in [0.25, 0.3) is 0 Å². The first-order valence-corrected chi connectivity index (χ1v) is 8.38. The average molecular weight is 343 g/mol. The maximum Gasteiger partial charge on any atom is 0.243 e. The van der Waals surface area contributed by atoms with Gasteiger partial charge in [-0.2, -0.15) is 0 Å². The van der Waals surface area contributed by atoms with Crippen LogP contribution in [0.25, 0.3) is 10.9 Å². The normalized spacial score (nSPS) is 11.4. The summed E-state index contributed by atoms with van der Waals surface area (Å²) < 4.78 is 5.25. The SMILES string of the molecule is COc1ccc2ncc(NC/C(C)=C/CCCCC(=O)NO)cc2c1. The fraction of sp³-hybridized carbons (Fsp3) is 0.368. The third-order valence-corrected chi connectivity index (χ3v) is 3.94. The highest BCUT2D eigenvalue weighted by atomic mass is 16.5. The van der Waals surface area contributed by atoms with Gasteiger partial charge in [0.15, 0.2) is 0 Å². The van der Waals surface area contributed by atoms with Crippen molar-refractivity contribution < 1.29 is 14.7 Å². The molecule has 0 aliphatic carbocycles. The van der Waals surface area contributed by atoms with E-state index in [9.17, 15) is 4.79 Å². The molecule has 0 aliphatic rings. The molecule has 0 bridgehead atoms. The molecule has 0 spiro atoms. The minimum atomic E-state index is -0.331. The highest BCUT2D eigenvalue weighted by molar-refractivity contribution is 5.83. The summed E-state index contributed by atoms with van der Waals surface area (Å²) in [6.45, 7) is 2.82. The fourth-order valence-corrected chi connectivity index (χ4v) is 2.48. The van der Waals surface area contributed by atoms with Crippen molar-refractivity contribution in [1.29, 1.82) is 0 Å². The number of aromatic nitrogens is 1. The molecule has 0 unspecified atom stereocenters. The second kappa shape index (κ2) is 9.64. The van der Waals surface area contributed by atoms with Gasteiger partial charge < -0.3 is 10.1 Å². The summed E-state index contributed by atoms with van der Waals surface area (Å²) in [5, 5.41) is 12.8. The van der Waals surface area contributed by atoms with Crippen LogP contribution in [-0.4, -0.2) is 29.8 Å². The number of hydrogen-bond acceptors (Lipinski definition) is 5. The van der Waals surface area contributed by atoms with Crippen molar-refractivity contribution >= 4 is 22.5 Å². The molecule has 0 atom stereocenters. The number of carbonyl (C=O) groups excluding carboxylic acids is 1. The Kier molecular flexibility index (Phi) is 7.22. The van der Waals surface area contributed by atoms with Crippen molar-refractivity contribution in [2.45, 2.75) is 32.6 Å². The molecule has 2 rings (SSSR count). The van der Waals surface area contributed by atoms with Gasteiger partial charge >= 0.3 is 0 Å². The Bertz CT molecular complexity index is 744. The molecule has 1 aromatic heterocycles. The van der Waals surface area contributed by atoms with Crippen LogP contribution < -0.4 is 15.5 Å². The van der Waals surface area contributed by atoms with Gasteiger partial charge in [-0.15, -0.1) is 0 Å². The summed E-state index contributed by atoms with van der Waals surface area (Å²) in [6.07, 6.45) is 6.95. The fourth-order valence-electron chi connectivity index (χ4n) is 2.48. The second-order valence-corrected chi connectivity index (χ2v) is 5.97. The molecule has 0 aliphatic heterocycles. The lowest BCUT2D eigenvalue weighted by Crippen LogP contribution is -2.17. The zero-order valence-electron chi connectivity index (χ0n) is 14.7. The Hall–Kier alpha value is -2.60. The van der Waals surface area contributed by atoms with E-state index in [1.165, 1.54) is 5.57 Å². The molecule has 6 nitrogen and oxygen atoms in total. The van der Waals surface area contributed by atoms with Crippen molar-refractivity contribution in [3.63, 3.8) is 0 Å². The molecule has 0 saturated heterocycles. The van der Waals surface area contributed by atoms with Crippen molar-refractivity contribution in [3.05, 3.63) is 42.1 Å². The predicted octanol–water partition coefficient (Wildman–Crippen LogP) is 3.67. The van der Waals surface area contributed by atoms with Crippen LogP contribution in [0.3, 0.4) is 0 Å². The molecule has 134 valence electrons. The third kappa shape index (κ3) is 6.08. The largest absolute Gasteiger partial charge is 0.497 e. The molecule has 2 aromatic rings. The van der Waals surface area contributed by atoms with Gasteiger partial charge in [-0.3, -0.25) is 15.0 Å². The maximum atomic E-state index is 10.9. The molecule has 6 heteroatoms. The summed E-state index contributed by atoms with van der Waals surface area (Å²) in [5.74, 6) is 0.486. The molecule has 25 heavy (non-hydrogen) atoms. The Balaban J connectivity index is 1.82. The van der Waals surface area contributed by atoms with Crippen LogP contribution in [0.5, 0.6) is 5.75 Å². The summed E-state index contributed by atoms with van der Waals surface area (Å²) in [4.78, 5) is 15.4. The van der Waals surface area contributed by atoms with E-state index in [2.05, 4.69) is 29.4 Å². The Morgan fingerprint density at radius 3 is 2.92 bits per heavy atom. The van der Waals surface area contributed by atoms with Crippen molar-refractivity contribution in [3.8, 4) is 5.75 Å². The van der Waals surface area contributed by atoms with Gasteiger partial charge in [0, 0.05) is 18.4 Å². The molecule has 3 N–H and O–H groups in total. The van der Waals surface area contributed by atoms with Crippen LogP contribution >= 0.6 is 0 Å². The topological polar surface area (TPSA) is 83.5 Å². The van der Waals surface area contributed by atoms with Crippen LogP contribution in [0.2, 0.25) is 0 Å². The van der Waals surface area contributed by atoms with E-state index in [4.69, 9.17) is 9.94 Å². The average Bonchev–Trinajstić information content (AvgIpc) is 2.65. The first-order chi connectivity index (χ1) is 12.1. The zero-order chi connectivity index (χ0) is 18.1. The number of hydrogen-bond donors (Lipinski definition) is 3. The predicted molar refractivity (Wildman–Crippen MR) is 98.9 cm³/mol. The van der Waals surface area contributed by atoms with Gasteiger partial charge in [0.1, 0.15) is 5.75 Å². The van der Waals surface area contributed by atoms with Crippen LogP contribution in [0, 0.1) is 0 Å². The number of amides is 1. The summed E-state index contributed by atoms with van der Waals surface area (Å²) in [5.41, 5.74) is 4.78. The first kappa shape index (κ1) is 18.7. The number of pyridine rings is 1. The van der Waals surface area contributed by atoms with Gasteiger partial charge in [0.05, 0.1) is 24.5 Å². The van der Waals surface area contributed by atoms with Crippen LogP contribution in [0.4, 0.5) is 5.69 Å². The quantitative estimate of drug-likeness (QED) is 0.280. The number of hydroxylamine groups is 1. The monoisotopic (exact) mass is 343 g/mol. The minimum Gasteiger partial charge on any atom is -0.497 e. The number of allylic oxidation sites excluding steroid dienone is 1. The first-order valence-electron chi connectivity index (χ1n) is 8.38. The lowest BCUT2D eigenvalue weighted by molar-refractivity contribution is -0.129. The van der Waals surface area contributed by atoms with Crippen LogP contribution in [-0.2, 0) is 4.79 Å². The minimum absolute atomic E-state index is 0.331. The molecule has 0 radical (unpaired) electrons. The molecule has 0 fully saturated rings. The van der Waals surface area contributed by atoms with E-state index in [0.29, 0.717) is 6.42 Å². The number of nitrogens with one attached hydrogen (secondary N) is 2. The summed E-state index contributed by atoms with van der Waals surface area (Å²) in [6, 6.07) is 7.88. The highest BCUT2D eigenvalue weighted by Gasteiger charge is 2.01. The number of unbranched alkanes of at least 4 members (excludes halogenated alkanes) is 2. The third-order valence-electron chi connectivity index (χ3n) is 3.94. The molecule has 1 heterocycles. The van der Waals surface area contributed by atoms with Gasteiger partial charge in [0.2, 0.25) is 5.91 Å². The second-order valence-electron chi connectivity index (χ2n) is 5.97. The lowest BCUT2D eigenvalue weighted by Gasteiger charge is -2.08. The number of carbonyl (C=O) groups is 1. The Labute approximate surface area is 147 Å². The smallest absolute Gasteiger partial charge is 0.243 e. The molecular weight excluding hydrogens is 318 g/mol. The summed E-state index contributed by atoms with van der Waals surface area (Å²) >= 11 is 0. The van der Waals surface area contributed by atoms with Crippen molar-refractivity contribution in [1.82, 2.24) is 10.5 Å². The van der Waals surface area contributed by atoms with Gasteiger partial charge in [-0.1, -0.05) is 11.6 Å². The van der Waals surface area contributed by atoms with Gasteiger partial charge in [-0.05, 0) is 50.5 Å². The number of fused-ring (bicyclic) bond motifs is 1. The Morgan fingerprint density at radius 2 is 2.16 bits per heavy atom. The maximum absolute atomic E-state index is 10.9. The zero-order valence-corrected chi connectivity index (χ0v) is 14.7. The molecular formula is C19H25N3O3. The Morgan fingerprint density at radius 1 is 1.32 bits per heavy atom. The van der Waals surface area contributed by atoms with E-state index in [1.807, 2.05) is 24.4 Å². The van der Waals surface area contributed by atoms with Gasteiger partial charge in [-0.25, -0.2) is 5.48 Å². The number of benzene rings is 1. The highest BCUT2D eigenvalue weighted by Crippen LogP contribution is 2.22. The van der Waals surface area contributed by atoms with E-state index in [-0.39, 0.29) is 5.91 Å². The van der Waals surface area contributed by atoms with Crippen LogP contribution in [0.15, 0.2) is 42.1 Å².